The van der Waals surface area contributed by atoms with Crippen molar-refractivity contribution in [3.8, 4) is 0 Å². The van der Waals surface area contributed by atoms with E-state index in [1.165, 1.54) is 0 Å². The minimum Gasteiger partial charge on any atom is -0.628 e. The molecule has 0 N–H and O–H groups in total. The van der Waals surface area contributed by atoms with E-state index in [0.717, 1.165) is 0 Å². The van der Waals surface area contributed by atoms with Crippen molar-refractivity contribution in [3.05, 3.63) is 31.5 Å². The summed E-state index contributed by atoms with van der Waals surface area (Å²) >= 11 is 0. The average Bonchev–Trinajstić information content (AvgIpc) is 1.59. The van der Waals surface area contributed by atoms with E-state index in [-0.39, 0.29) is 98.1 Å². The van der Waals surface area contributed by atoms with Crippen LogP contribution in [0, 0.1) is 0 Å². The Kier molecular flexibility index (Phi) is 14.9. The molecule has 0 fully saturated rings. The summed E-state index contributed by atoms with van der Waals surface area (Å²) in [6.45, 7) is 0. The van der Waals surface area contributed by atoms with Crippen molar-refractivity contribution in [3.63, 3.8) is 0 Å². The molecule has 0 aliphatic heterocycles. The summed E-state index contributed by atoms with van der Waals surface area (Å²) < 4.78 is 0. The van der Waals surface area contributed by atoms with Gasteiger partial charge in [-0.2, -0.15) is 0 Å². The standard InChI is InChI=1S/C3H3N3O3.3Y/c7-1-4-2(8)6-3(9)5-1;;;/h(H3,4,5,6,7,8,9);;;/p-3. The van der Waals surface area contributed by atoms with Gasteiger partial charge < -0.3 is 29.3 Å². The molecule has 0 amide bonds. The normalized spacial score (nSPS) is 7.00. The van der Waals surface area contributed by atoms with Crippen LogP contribution in [0.2, 0.25) is 0 Å². The van der Waals surface area contributed by atoms with E-state index >= 15 is 0 Å². The van der Waals surface area contributed by atoms with Crippen LogP contribution in [-0.2, 0) is 98.1 Å². The zero-order valence-electron chi connectivity index (χ0n) is 5.80. The largest absolute Gasteiger partial charge is 0.628 e. The van der Waals surface area contributed by atoms with E-state index in [1.807, 2.05) is 0 Å². The quantitative estimate of drug-likeness (QED) is 0.457. The third kappa shape index (κ3) is 7.16. The van der Waals surface area contributed by atoms with Crippen molar-refractivity contribution in [2.45, 2.75) is 0 Å². The Hall–Kier alpha value is 1.72. The molecule has 1 aromatic heterocycles. The third-order valence-electron chi connectivity index (χ3n) is 0.574. The van der Waals surface area contributed by atoms with Gasteiger partial charge in [0.1, 0.15) is 0 Å². The molecule has 1 heterocycles. The Morgan fingerprint density at radius 1 is 0.583 bits per heavy atom. The first-order valence-electron chi connectivity index (χ1n) is 1.95. The maximum absolute atomic E-state index is 10.0. The maximum atomic E-state index is 10.0. The molecule has 0 saturated carbocycles. The summed E-state index contributed by atoms with van der Waals surface area (Å²) in [5.41, 5.74) is -3.25. The molecule has 1 aromatic rings. The minimum absolute atomic E-state index is 0. The molecule has 0 saturated heterocycles. The smallest absolute Gasteiger partial charge is 0 e. The van der Waals surface area contributed by atoms with Gasteiger partial charge in [-0.05, 0) is 17.1 Å². The van der Waals surface area contributed by atoms with E-state index in [9.17, 15) is 14.4 Å². The van der Waals surface area contributed by atoms with Crippen LogP contribution in [0.1, 0.15) is 0 Å². The molecule has 9 heteroatoms. The van der Waals surface area contributed by atoms with Gasteiger partial charge in [-0.3, -0.25) is 0 Å². The molecule has 12 heavy (non-hydrogen) atoms. The van der Waals surface area contributed by atoms with E-state index in [4.69, 9.17) is 0 Å². The zero-order valence-corrected chi connectivity index (χ0v) is 14.3. The molecule has 6 nitrogen and oxygen atoms in total. The fourth-order valence-corrected chi connectivity index (χ4v) is 0.320. The number of rotatable bonds is 0. The van der Waals surface area contributed by atoms with Gasteiger partial charge >= 0.3 is 0 Å². The van der Waals surface area contributed by atoms with Crippen molar-refractivity contribution in [1.29, 1.82) is 0 Å². The Bertz CT molecular complexity index is 287. The first kappa shape index (κ1) is 19.3. The van der Waals surface area contributed by atoms with Crippen LogP contribution in [0.15, 0.2) is 14.4 Å². The Morgan fingerprint density at radius 2 is 0.750 bits per heavy atom. The van der Waals surface area contributed by atoms with Crippen LogP contribution in [0.5, 0.6) is 0 Å². The summed E-state index contributed by atoms with van der Waals surface area (Å²) in [5, 5.41) is 0. The van der Waals surface area contributed by atoms with E-state index < -0.39 is 17.1 Å². The molecule has 3 radical (unpaired) electrons. The van der Waals surface area contributed by atoms with Crippen LogP contribution in [0.4, 0.5) is 0 Å². The van der Waals surface area contributed by atoms with Gasteiger partial charge in [-0.1, -0.05) is 0 Å². The number of hydrogen-bond donors (Lipinski definition) is 0. The molecule has 57 valence electrons. The zero-order chi connectivity index (χ0) is 6.85. The molecule has 0 bridgehead atoms. The van der Waals surface area contributed by atoms with Crippen LogP contribution in [0.25, 0.3) is 0 Å². The van der Waals surface area contributed by atoms with Crippen molar-refractivity contribution in [2.75, 3.05) is 0 Å². The van der Waals surface area contributed by atoms with E-state index in [1.54, 1.807) is 0 Å². The molecule has 0 aliphatic carbocycles. The van der Waals surface area contributed by atoms with Gasteiger partial charge in [-0.15, -0.1) is 0 Å². The number of aromatic nitrogens is 3. The van der Waals surface area contributed by atoms with E-state index in [0.29, 0.717) is 0 Å². The molecular weight excluding hydrogens is 393 g/mol. The Balaban J connectivity index is -0.000000270. The minimum atomic E-state index is -1.08. The second-order valence-electron chi connectivity index (χ2n) is 1.18. The van der Waals surface area contributed by atoms with Gasteiger partial charge in [0, 0.05) is 98.1 Å². The summed E-state index contributed by atoms with van der Waals surface area (Å²) in [4.78, 5) is 38.2. The van der Waals surface area contributed by atoms with Crippen LogP contribution >= 0.6 is 0 Å². The molecular formula is C3N3O3Y3-3. The molecule has 0 atom stereocenters. The van der Waals surface area contributed by atoms with Crippen LogP contribution in [0.3, 0.4) is 0 Å². The van der Waals surface area contributed by atoms with Crippen LogP contribution < -0.4 is 32.0 Å². The summed E-state index contributed by atoms with van der Waals surface area (Å²) in [7, 11) is 0. The molecule has 1 rings (SSSR count). The fraction of sp³-hybridized carbons (Fsp3) is 0. The second kappa shape index (κ2) is 9.28. The van der Waals surface area contributed by atoms with Gasteiger partial charge in [0.25, 0.3) is 0 Å². The maximum Gasteiger partial charge on any atom is 0 e. The van der Waals surface area contributed by atoms with Crippen molar-refractivity contribution in [1.82, 2.24) is 15.0 Å². The van der Waals surface area contributed by atoms with Crippen molar-refractivity contribution < 1.29 is 98.1 Å². The Morgan fingerprint density at radius 3 is 0.917 bits per heavy atom. The van der Waals surface area contributed by atoms with E-state index in [2.05, 4.69) is 15.0 Å². The van der Waals surface area contributed by atoms with Crippen molar-refractivity contribution in [2.24, 2.45) is 0 Å². The van der Waals surface area contributed by atoms with Crippen molar-refractivity contribution >= 4 is 0 Å². The molecule has 0 spiro atoms. The second-order valence-corrected chi connectivity index (χ2v) is 1.18. The SMILES string of the molecule is O=c1[n-]c(=O)[n-]c(=O)[n-]1.[Y].[Y].[Y]. The third-order valence-corrected chi connectivity index (χ3v) is 0.574. The summed E-state index contributed by atoms with van der Waals surface area (Å²) in [5.74, 6) is 0. The summed E-state index contributed by atoms with van der Waals surface area (Å²) in [6, 6.07) is 0. The van der Waals surface area contributed by atoms with Gasteiger partial charge in [0.15, 0.2) is 0 Å². The first-order chi connectivity index (χ1) is 4.18. The molecule has 0 unspecified atom stereocenters. The molecule has 0 aliphatic rings. The average molecular weight is 393 g/mol. The Labute approximate surface area is 142 Å². The number of hydrogen-bond acceptors (Lipinski definition) is 3. The topological polar surface area (TPSA) is 93.5 Å². The van der Waals surface area contributed by atoms with Gasteiger partial charge in [0.2, 0.25) is 0 Å². The molecule has 0 aromatic carbocycles. The predicted molar refractivity (Wildman–Crippen MR) is 25.2 cm³/mol. The monoisotopic (exact) mass is 393 g/mol. The predicted octanol–water partition coefficient (Wildman–Crippen LogP) is -3.37. The fourth-order valence-electron chi connectivity index (χ4n) is 0.320. The number of nitrogens with zero attached hydrogens (tertiary/aromatic N) is 3. The summed E-state index contributed by atoms with van der Waals surface area (Å²) in [6.07, 6.45) is 0. The first-order valence-corrected chi connectivity index (χ1v) is 1.95. The van der Waals surface area contributed by atoms with Gasteiger partial charge in [0.05, 0.1) is 0 Å². The van der Waals surface area contributed by atoms with Crippen LogP contribution in [-0.4, -0.2) is 0 Å². The van der Waals surface area contributed by atoms with Gasteiger partial charge in [-0.25, -0.2) is 0 Å².